The molecule has 96 valence electrons. The van der Waals surface area contributed by atoms with E-state index in [1.54, 1.807) is 31.2 Å². The van der Waals surface area contributed by atoms with Crippen molar-refractivity contribution in [3.63, 3.8) is 0 Å². The number of rotatable bonds is 6. The SMILES string of the molecule is CC(NCCN=[N+]=[N-])(C(N)=O)c1ccccc1Cl. The zero-order chi connectivity index (χ0) is 13.6. The summed E-state index contributed by atoms with van der Waals surface area (Å²) in [7, 11) is 0. The van der Waals surface area contributed by atoms with Crippen LogP contribution in [0.1, 0.15) is 12.5 Å². The molecule has 18 heavy (non-hydrogen) atoms. The van der Waals surface area contributed by atoms with E-state index in [2.05, 4.69) is 15.3 Å². The predicted octanol–water partition coefficient (Wildman–Crippen LogP) is 1.94. The van der Waals surface area contributed by atoms with Gasteiger partial charge in [-0.25, -0.2) is 0 Å². The Hall–Kier alpha value is -1.75. The van der Waals surface area contributed by atoms with Crippen LogP contribution in [0.5, 0.6) is 0 Å². The molecule has 3 N–H and O–H groups in total. The number of benzene rings is 1. The Labute approximate surface area is 110 Å². The Morgan fingerprint density at radius 1 is 1.61 bits per heavy atom. The monoisotopic (exact) mass is 267 g/mol. The molecule has 0 heterocycles. The van der Waals surface area contributed by atoms with Crippen molar-refractivity contribution in [1.29, 1.82) is 0 Å². The third kappa shape index (κ3) is 3.13. The van der Waals surface area contributed by atoms with Gasteiger partial charge in [0.2, 0.25) is 5.91 Å². The van der Waals surface area contributed by atoms with Gasteiger partial charge in [-0.2, -0.15) is 0 Å². The molecule has 1 aromatic carbocycles. The second kappa shape index (κ2) is 6.26. The molecular formula is C11H14ClN5O. The normalized spacial score (nSPS) is 13.4. The Bertz CT molecular complexity index is 486. The molecule has 0 fully saturated rings. The summed E-state index contributed by atoms with van der Waals surface area (Å²) in [5.41, 5.74) is 13.1. The minimum atomic E-state index is -1.09. The van der Waals surface area contributed by atoms with Crippen LogP contribution in [-0.4, -0.2) is 19.0 Å². The van der Waals surface area contributed by atoms with Crippen molar-refractivity contribution in [2.45, 2.75) is 12.5 Å². The van der Waals surface area contributed by atoms with Gasteiger partial charge in [-0.15, -0.1) is 0 Å². The molecule has 1 amide bonds. The van der Waals surface area contributed by atoms with Gasteiger partial charge in [-0.3, -0.25) is 10.1 Å². The van der Waals surface area contributed by atoms with Crippen LogP contribution in [0.15, 0.2) is 29.4 Å². The van der Waals surface area contributed by atoms with E-state index in [1.807, 2.05) is 0 Å². The van der Waals surface area contributed by atoms with Gasteiger partial charge < -0.3 is 5.73 Å². The molecule has 0 aliphatic heterocycles. The first kappa shape index (κ1) is 14.3. The molecule has 0 saturated heterocycles. The minimum absolute atomic E-state index is 0.226. The summed E-state index contributed by atoms with van der Waals surface area (Å²) in [6.07, 6.45) is 0. The maximum atomic E-state index is 11.6. The fourth-order valence-corrected chi connectivity index (χ4v) is 1.91. The highest BCUT2D eigenvalue weighted by Crippen LogP contribution is 2.27. The summed E-state index contributed by atoms with van der Waals surface area (Å²) in [4.78, 5) is 14.3. The van der Waals surface area contributed by atoms with Gasteiger partial charge in [-0.1, -0.05) is 34.9 Å². The third-order valence-corrected chi connectivity index (χ3v) is 2.99. The van der Waals surface area contributed by atoms with Crippen LogP contribution < -0.4 is 11.1 Å². The molecule has 0 aliphatic carbocycles. The Morgan fingerprint density at radius 2 is 2.28 bits per heavy atom. The fourth-order valence-electron chi connectivity index (χ4n) is 1.58. The second-order valence-electron chi connectivity index (χ2n) is 3.85. The largest absolute Gasteiger partial charge is 0.368 e. The number of halogens is 1. The molecule has 0 aromatic heterocycles. The lowest BCUT2D eigenvalue weighted by molar-refractivity contribution is -0.124. The van der Waals surface area contributed by atoms with Crippen LogP contribution in [-0.2, 0) is 10.3 Å². The molecular weight excluding hydrogens is 254 g/mol. The van der Waals surface area contributed by atoms with E-state index in [1.165, 1.54) is 0 Å². The summed E-state index contributed by atoms with van der Waals surface area (Å²) in [5, 5.41) is 6.80. The average Bonchev–Trinajstić information content (AvgIpc) is 2.34. The number of hydrogen-bond acceptors (Lipinski definition) is 3. The van der Waals surface area contributed by atoms with Crippen molar-refractivity contribution in [1.82, 2.24) is 5.32 Å². The second-order valence-corrected chi connectivity index (χ2v) is 4.26. The van der Waals surface area contributed by atoms with Crippen molar-refractivity contribution in [3.05, 3.63) is 45.3 Å². The topological polar surface area (TPSA) is 104 Å². The first-order valence-electron chi connectivity index (χ1n) is 5.33. The molecule has 0 spiro atoms. The summed E-state index contributed by atoms with van der Waals surface area (Å²) < 4.78 is 0. The quantitative estimate of drug-likeness (QED) is 0.356. The lowest BCUT2D eigenvalue weighted by Crippen LogP contribution is -2.51. The summed E-state index contributed by atoms with van der Waals surface area (Å²) >= 11 is 6.06. The van der Waals surface area contributed by atoms with Crippen LogP contribution in [0, 0.1) is 0 Å². The van der Waals surface area contributed by atoms with Crippen molar-refractivity contribution in [2.24, 2.45) is 10.8 Å². The fraction of sp³-hybridized carbons (Fsp3) is 0.364. The lowest BCUT2D eigenvalue weighted by atomic mass is 9.91. The standard InChI is InChI=1S/C11H14ClN5O/c1-11(10(13)18,15-6-7-16-17-14)8-4-2-3-5-9(8)12/h2-5,15H,6-7H2,1H3,(H2,13,18). The van der Waals surface area contributed by atoms with E-state index in [-0.39, 0.29) is 6.54 Å². The molecule has 1 rings (SSSR count). The molecule has 0 saturated carbocycles. The predicted molar refractivity (Wildman–Crippen MR) is 70.0 cm³/mol. The summed E-state index contributed by atoms with van der Waals surface area (Å²) in [6.45, 7) is 2.20. The van der Waals surface area contributed by atoms with Crippen LogP contribution in [0.3, 0.4) is 0 Å². The number of primary amides is 1. The highest BCUT2D eigenvalue weighted by atomic mass is 35.5. The van der Waals surface area contributed by atoms with Crippen LogP contribution in [0.2, 0.25) is 5.02 Å². The molecule has 7 heteroatoms. The number of carbonyl (C=O) groups is 1. The zero-order valence-electron chi connectivity index (χ0n) is 9.93. The Balaban J connectivity index is 2.97. The number of carbonyl (C=O) groups excluding carboxylic acids is 1. The summed E-state index contributed by atoms with van der Waals surface area (Å²) in [6, 6.07) is 6.96. The van der Waals surface area contributed by atoms with Crippen molar-refractivity contribution in [2.75, 3.05) is 13.1 Å². The maximum Gasteiger partial charge on any atom is 0.242 e. The van der Waals surface area contributed by atoms with Gasteiger partial charge in [-0.05, 0) is 24.1 Å². The van der Waals surface area contributed by atoms with Crippen LogP contribution in [0.4, 0.5) is 0 Å². The van der Waals surface area contributed by atoms with Crippen molar-refractivity contribution >= 4 is 17.5 Å². The van der Waals surface area contributed by atoms with E-state index in [0.29, 0.717) is 17.1 Å². The van der Waals surface area contributed by atoms with E-state index < -0.39 is 11.4 Å². The molecule has 1 unspecified atom stereocenters. The summed E-state index contributed by atoms with van der Waals surface area (Å²) in [5.74, 6) is -0.545. The average molecular weight is 268 g/mol. The number of amides is 1. The van der Waals surface area contributed by atoms with Gasteiger partial charge in [0.1, 0.15) is 5.54 Å². The molecule has 6 nitrogen and oxygen atoms in total. The van der Waals surface area contributed by atoms with Crippen LogP contribution in [0.25, 0.3) is 10.4 Å². The van der Waals surface area contributed by atoms with E-state index >= 15 is 0 Å². The number of nitrogens with zero attached hydrogens (tertiary/aromatic N) is 3. The van der Waals surface area contributed by atoms with Gasteiger partial charge in [0.25, 0.3) is 0 Å². The first-order chi connectivity index (χ1) is 8.52. The van der Waals surface area contributed by atoms with Crippen molar-refractivity contribution < 1.29 is 4.79 Å². The number of nitrogens with two attached hydrogens (primary N) is 1. The van der Waals surface area contributed by atoms with Crippen molar-refractivity contribution in [3.8, 4) is 0 Å². The van der Waals surface area contributed by atoms with Gasteiger partial charge in [0.15, 0.2) is 0 Å². The Kier molecular flexibility index (Phi) is 4.97. The number of nitrogens with one attached hydrogen (secondary N) is 1. The molecule has 0 bridgehead atoms. The van der Waals surface area contributed by atoms with Gasteiger partial charge in [0, 0.05) is 23.0 Å². The maximum absolute atomic E-state index is 11.6. The highest BCUT2D eigenvalue weighted by Gasteiger charge is 2.34. The Morgan fingerprint density at radius 3 is 2.83 bits per heavy atom. The molecule has 0 aliphatic rings. The third-order valence-electron chi connectivity index (χ3n) is 2.66. The van der Waals surface area contributed by atoms with Gasteiger partial charge in [0.05, 0.1) is 0 Å². The van der Waals surface area contributed by atoms with E-state index in [0.717, 1.165) is 0 Å². The highest BCUT2D eigenvalue weighted by molar-refractivity contribution is 6.31. The van der Waals surface area contributed by atoms with Gasteiger partial charge >= 0.3 is 0 Å². The number of azide groups is 1. The zero-order valence-corrected chi connectivity index (χ0v) is 10.7. The molecule has 0 radical (unpaired) electrons. The smallest absolute Gasteiger partial charge is 0.242 e. The molecule has 1 aromatic rings. The number of hydrogen-bond donors (Lipinski definition) is 2. The minimum Gasteiger partial charge on any atom is -0.368 e. The van der Waals surface area contributed by atoms with E-state index in [9.17, 15) is 4.79 Å². The molecule has 1 atom stereocenters. The van der Waals surface area contributed by atoms with Crippen LogP contribution >= 0.6 is 11.6 Å². The lowest BCUT2D eigenvalue weighted by Gasteiger charge is -2.28. The first-order valence-corrected chi connectivity index (χ1v) is 5.71. The van der Waals surface area contributed by atoms with E-state index in [4.69, 9.17) is 22.9 Å².